The Kier molecular flexibility index (Phi) is 5.54. The average Bonchev–Trinajstić information content (AvgIpc) is 2.91. The Balaban J connectivity index is 1.85. The van der Waals surface area contributed by atoms with Gasteiger partial charge in [0.15, 0.2) is 0 Å². The van der Waals surface area contributed by atoms with Gasteiger partial charge in [0, 0.05) is 25.4 Å². The van der Waals surface area contributed by atoms with E-state index in [1.165, 1.54) is 12.1 Å². The van der Waals surface area contributed by atoms with Crippen LogP contribution in [0.2, 0.25) is 0 Å². The Morgan fingerprint density at radius 1 is 1.33 bits per heavy atom. The number of benzene rings is 1. The molecule has 6 nitrogen and oxygen atoms in total. The van der Waals surface area contributed by atoms with Crippen molar-refractivity contribution in [2.75, 3.05) is 6.54 Å². The lowest BCUT2D eigenvalue weighted by Gasteiger charge is -2.20. The second-order valence-electron chi connectivity index (χ2n) is 6.27. The van der Waals surface area contributed by atoms with E-state index in [4.69, 9.17) is 4.84 Å². The summed E-state index contributed by atoms with van der Waals surface area (Å²) in [5.74, 6) is -0.787. The third-order valence-corrected chi connectivity index (χ3v) is 3.61. The fraction of sp³-hybridized carbons (Fsp3) is 0.471. The largest absolute Gasteiger partial charge is 0.379 e. The van der Waals surface area contributed by atoms with Gasteiger partial charge in [-0.3, -0.25) is 9.59 Å². The van der Waals surface area contributed by atoms with E-state index in [0.29, 0.717) is 11.3 Å². The summed E-state index contributed by atoms with van der Waals surface area (Å²) < 4.78 is 13.0. The van der Waals surface area contributed by atoms with Crippen LogP contribution in [-0.2, 0) is 14.4 Å². The molecule has 1 aliphatic heterocycles. The number of amides is 2. The van der Waals surface area contributed by atoms with Gasteiger partial charge in [-0.1, -0.05) is 17.3 Å². The minimum Gasteiger partial charge on any atom is -0.379 e. The molecule has 1 unspecified atom stereocenters. The van der Waals surface area contributed by atoms with Crippen molar-refractivity contribution in [3.05, 3.63) is 35.6 Å². The maximum Gasteiger partial charge on any atom is 0.267 e. The Bertz CT molecular complexity index is 643. The fourth-order valence-electron chi connectivity index (χ4n) is 2.33. The van der Waals surface area contributed by atoms with Gasteiger partial charge in [-0.2, -0.15) is 0 Å². The highest BCUT2D eigenvalue weighted by atomic mass is 19.1. The molecule has 1 atom stereocenters. The van der Waals surface area contributed by atoms with Crippen molar-refractivity contribution in [2.24, 2.45) is 5.16 Å². The van der Waals surface area contributed by atoms with Gasteiger partial charge in [-0.15, -0.1) is 0 Å². The van der Waals surface area contributed by atoms with Crippen molar-refractivity contribution < 1.29 is 18.8 Å². The predicted molar refractivity (Wildman–Crippen MR) is 87.9 cm³/mol. The molecule has 2 N–H and O–H groups in total. The molecule has 2 rings (SSSR count). The first-order valence-corrected chi connectivity index (χ1v) is 7.89. The molecular formula is C17H22FN3O3. The molecule has 1 aliphatic rings. The molecule has 0 radical (unpaired) electrons. The van der Waals surface area contributed by atoms with Crippen molar-refractivity contribution in [1.82, 2.24) is 10.6 Å². The van der Waals surface area contributed by atoms with Crippen molar-refractivity contribution in [2.45, 2.75) is 45.3 Å². The van der Waals surface area contributed by atoms with Crippen LogP contribution in [0.3, 0.4) is 0 Å². The smallest absolute Gasteiger partial charge is 0.267 e. The first-order valence-electron chi connectivity index (χ1n) is 7.89. The van der Waals surface area contributed by atoms with Gasteiger partial charge in [0.2, 0.25) is 11.5 Å². The lowest BCUT2D eigenvalue weighted by atomic mass is 9.95. The molecule has 24 heavy (non-hydrogen) atoms. The second kappa shape index (κ2) is 7.42. The lowest BCUT2D eigenvalue weighted by molar-refractivity contribution is -0.141. The number of nitrogens with one attached hydrogen (secondary N) is 2. The lowest BCUT2D eigenvalue weighted by Crippen LogP contribution is -2.46. The standard InChI is InChI=1S/C17H22FN3O3/c1-11(2)20-15(22)8-9-19-16(23)17(3)10-14(21-24-17)12-4-6-13(18)7-5-12/h4-7,11H,8-10H2,1-3H3,(H,19,23)(H,20,22). The minimum atomic E-state index is -1.13. The van der Waals surface area contributed by atoms with Crippen LogP contribution in [0.25, 0.3) is 0 Å². The van der Waals surface area contributed by atoms with E-state index in [1.807, 2.05) is 13.8 Å². The van der Waals surface area contributed by atoms with Gasteiger partial charge in [0.1, 0.15) is 5.82 Å². The third-order valence-electron chi connectivity index (χ3n) is 3.61. The van der Waals surface area contributed by atoms with Gasteiger partial charge in [-0.25, -0.2) is 4.39 Å². The topological polar surface area (TPSA) is 79.8 Å². The first-order chi connectivity index (χ1) is 11.3. The fourth-order valence-corrected chi connectivity index (χ4v) is 2.33. The van der Waals surface area contributed by atoms with Crippen molar-refractivity contribution in [1.29, 1.82) is 0 Å². The Labute approximate surface area is 140 Å². The van der Waals surface area contributed by atoms with Crippen LogP contribution in [0.1, 0.15) is 39.2 Å². The highest BCUT2D eigenvalue weighted by Gasteiger charge is 2.42. The molecule has 0 saturated carbocycles. The van der Waals surface area contributed by atoms with E-state index < -0.39 is 5.60 Å². The number of rotatable bonds is 6. The number of hydrogen-bond donors (Lipinski definition) is 2. The van der Waals surface area contributed by atoms with Crippen LogP contribution in [0, 0.1) is 5.82 Å². The Morgan fingerprint density at radius 2 is 2.00 bits per heavy atom. The van der Waals surface area contributed by atoms with Crippen LogP contribution >= 0.6 is 0 Å². The quantitative estimate of drug-likeness (QED) is 0.831. The van der Waals surface area contributed by atoms with Crippen LogP contribution in [-0.4, -0.2) is 35.7 Å². The van der Waals surface area contributed by atoms with Crippen molar-refractivity contribution >= 4 is 17.5 Å². The van der Waals surface area contributed by atoms with Crippen molar-refractivity contribution in [3.63, 3.8) is 0 Å². The molecule has 130 valence electrons. The molecule has 1 heterocycles. The van der Waals surface area contributed by atoms with E-state index >= 15 is 0 Å². The van der Waals surface area contributed by atoms with Gasteiger partial charge in [0.25, 0.3) is 5.91 Å². The van der Waals surface area contributed by atoms with Crippen LogP contribution < -0.4 is 10.6 Å². The SMILES string of the molecule is CC(C)NC(=O)CCNC(=O)C1(C)CC(c2ccc(F)cc2)=NO1. The molecule has 1 aromatic rings. The van der Waals surface area contributed by atoms with Gasteiger partial charge in [0.05, 0.1) is 5.71 Å². The van der Waals surface area contributed by atoms with E-state index in [9.17, 15) is 14.0 Å². The molecule has 1 aromatic carbocycles. The monoisotopic (exact) mass is 335 g/mol. The maximum absolute atomic E-state index is 13.0. The summed E-state index contributed by atoms with van der Waals surface area (Å²) in [7, 11) is 0. The van der Waals surface area contributed by atoms with E-state index in [2.05, 4.69) is 15.8 Å². The highest BCUT2D eigenvalue weighted by molar-refractivity contribution is 6.05. The first kappa shape index (κ1) is 17.9. The van der Waals surface area contributed by atoms with E-state index in [0.717, 1.165) is 0 Å². The van der Waals surface area contributed by atoms with E-state index in [-0.39, 0.29) is 43.1 Å². The average molecular weight is 335 g/mol. The molecule has 7 heteroatoms. The number of carbonyl (C=O) groups excluding carboxylic acids is 2. The number of oxime groups is 1. The summed E-state index contributed by atoms with van der Waals surface area (Å²) >= 11 is 0. The maximum atomic E-state index is 13.0. The predicted octanol–water partition coefficient (Wildman–Crippen LogP) is 1.74. The number of nitrogens with zero attached hydrogens (tertiary/aromatic N) is 1. The summed E-state index contributed by atoms with van der Waals surface area (Å²) in [6.07, 6.45) is 0.480. The third kappa shape index (κ3) is 4.53. The Hall–Kier alpha value is -2.44. The molecule has 0 saturated heterocycles. The molecular weight excluding hydrogens is 313 g/mol. The summed E-state index contributed by atoms with van der Waals surface area (Å²) in [4.78, 5) is 29.2. The molecule has 2 amide bonds. The normalized spacial score (nSPS) is 19.6. The summed E-state index contributed by atoms with van der Waals surface area (Å²) in [6.45, 7) is 5.61. The zero-order chi connectivity index (χ0) is 17.7. The number of halogens is 1. The van der Waals surface area contributed by atoms with Gasteiger partial charge < -0.3 is 15.5 Å². The van der Waals surface area contributed by atoms with E-state index in [1.54, 1.807) is 19.1 Å². The van der Waals surface area contributed by atoms with Gasteiger partial charge in [-0.05, 0) is 38.5 Å². The zero-order valence-corrected chi connectivity index (χ0v) is 14.1. The van der Waals surface area contributed by atoms with Crippen LogP contribution in [0.5, 0.6) is 0 Å². The highest BCUT2D eigenvalue weighted by Crippen LogP contribution is 2.26. The summed E-state index contributed by atoms with van der Waals surface area (Å²) in [6, 6.07) is 5.92. The number of hydrogen-bond acceptors (Lipinski definition) is 4. The number of carbonyl (C=O) groups is 2. The minimum absolute atomic E-state index is 0.0653. The van der Waals surface area contributed by atoms with Crippen LogP contribution in [0.15, 0.2) is 29.4 Å². The second-order valence-corrected chi connectivity index (χ2v) is 6.27. The summed E-state index contributed by atoms with van der Waals surface area (Å²) in [5, 5.41) is 9.39. The van der Waals surface area contributed by atoms with Gasteiger partial charge >= 0.3 is 0 Å². The summed E-state index contributed by atoms with van der Waals surface area (Å²) in [5.41, 5.74) is 0.174. The molecule has 0 bridgehead atoms. The molecule has 0 fully saturated rings. The van der Waals surface area contributed by atoms with Crippen molar-refractivity contribution in [3.8, 4) is 0 Å². The zero-order valence-electron chi connectivity index (χ0n) is 14.1. The Morgan fingerprint density at radius 3 is 2.62 bits per heavy atom. The van der Waals surface area contributed by atoms with Crippen LogP contribution in [0.4, 0.5) is 4.39 Å². The molecule has 0 aliphatic carbocycles. The molecule has 0 aromatic heterocycles. The molecule has 0 spiro atoms.